The first-order valence-corrected chi connectivity index (χ1v) is 5.65. The van der Waals surface area contributed by atoms with Crippen LogP contribution in [0.15, 0.2) is 18.2 Å². The minimum atomic E-state index is 0.147. The number of hydrogen-bond donors (Lipinski definition) is 1. The van der Waals surface area contributed by atoms with Gasteiger partial charge in [0.25, 0.3) is 0 Å². The first kappa shape index (κ1) is 10.9. The van der Waals surface area contributed by atoms with Crippen molar-refractivity contribution in [3.63, 3.8) is 0 Å². The third-order valence-corrected chi connectivity index (χ3v) is 3.08. The molecule has 2 N–H and O–H groups in total. The number of amides is 1. The number of piperidine rings is 1. The van der Waals surface area contributed by atoms with Crippen LogP contribution in [0.25, 0.3) is 0 Å². The van der Waals surface area contributed by atoms with Crippen LogP contribution < -0.4 is 5.73 Å². The van der Waals surface area contributed by atoms with E-state index in [1.165, 1.54) is 0 Å². The highest BCUT2D eigenvalue weighted by atomic mass is 16.2. The smallest absolute Gasteiger partial charge is 0.219 e. The zero-order valence-corrected chi connectivity index (χ0v) is 9.52. The molecule has 2 rings (SSSR count). The first-order chi connectivity index (χ1) is 7.66. The number of rotatable bonds is 1. The maximum Gasteiger partial charge on any atom is 0.219 e. The molecule has 1 saturated heterocycles. The van der Waals surface area contributed by atoms with Crippen molar-refractivity contribution in [1.29, 1.82) is 0 Å². The fourth-order valence-electron chi connectivity index (χ4n) is 2.20. The Morgan fingerprint density at radius 2 is 2.38 bits per heavy atom. The Morgan fingerprint density at radius 3 is 3.06 bits per heavy atom. The van der Waals surface area contributed by atoms with E-state index in [0.29, 0.717) is 11.7 Å². The molecule has 1 unspecified atom stereocenters. The topological polar surface area (TPSA) is 59.2 Å². The number of carbonyl (C=O) groups excluding carboxylic acids is 1. The minimum absolute atomic E-state index is 0.147. The summed E-state index contributed by atoms with van der Waals surface area (Å²) in [5.74, 6) is 1.03. The van der Waals surface area contributed by atoms with Crippen molar-refractivity contribution in [2.45, 2.75) is 25.7 Å². The Labute approximate surface area is 95.5 Å². The molecule has 0 radical (unpaired) electrons. The van der Waals surface area contributed by atoms with Crippen molar-refractivity contribution < 1.29 is 4.79 Å². The maximum atomic E-state index is 11.3. The van der Waals surface area contributed by atoms with Gasteiger partial charge >= 0.3 is 0 Å². The fraction of sp³-hybridized carbons (Fsp3) is 0.500. The van der Waals surface area contributed by atoms with Gasteiger partial charge in [-0.25, -0.2) is 4.98 Å². The largest absolute Gasteiger partial charge is 0.384 e. The Bertz CT molecular complexity index is 392. The average Bonchev–Trinajstić information content (AvgIpc) is 2.29. The lowest BCUT2D eigenvalue weighted by Gasteiger charge is -2.31. The monoisotopic (exact) mass is 219 g/mol. The molecule has 4 heteroatoms. The molecule has 0 saturated carbocycles. The Balaban J connectivity index is 2.12. The van der Waals surface area contributed by atoms with Crippen LogP contribution >= 0.6 is 0 Å². The molecule has 1 aromatic heterocycles. The number of aromatic nitrogens is 1. The summed E-state index contributed by atoms with van der Waals surface area (Å²) in [4.78, 5) is 17.5. The third kappa shape index (κ3) is 2.32. The molecular weight excluding hydrogens is 202 g/mol. The van der Waals surface area contributed by atoms with Gasteiger partial charge in [-0.15, -0.1) is 0 Å². The van der Waals surface area contributed by atoms with Crippen molar-refractivity contribution in [2.75, 3.05) is 18.8 Å². The molecule has 2 heterocycles. The summed E-state index contributed by atoms with van der Waals surface area (Å²) in [7, 11) is 0. The van der Waals surface area contributed by atoms with Crippen molar-refractivity contribution in [1.82, 2.24) is 9.88 Å². The van der Waals surface area contributed by atoms with Crippen molar-refractivity contribution in [3.8, 4) is 0 Å². The van der Waals surface area contributed by atoms with Crippen LogP contribution in [0.1, 0.15) is 31.4 Å². The average molecular weight is 219 g/mol. The van der Waals surface area contributed by atoms with Crippen molar-refractivity contribution >= 4 is 11.7 Å². The summed E-state index contributed by atoms with van der Waals surface area (Å²) in [6, 6.07) is 5.70. The van der Waals surface area contributed by atoms with Crippen LogP contribution in [-0.2, 0) is 4.79 Å². The van der Waals surface area contributed by atoms with Gasteiger partial charge in [0.05, 0.1) is 0 Å². The molecule has 4 nitrogen and oxygen atoms in total. The molecule has 0 aromatic carbocycles. The van der Waals surface area contributed by atoms with Crippen LogP contribution in [0, 0.1) is 0 Å². The van der Waals surface area contributed by atoms with E-state index in [0.717, 1.165) is 31.6 Å². The van der Waals surface area contributed by atoms with Crippen molar-refractivity contribution in [2.24, 2.45) is 0 Å². The van der Waals surface area contributed by atoms with Gasteiger partial charge < -0.3 is 10.6 Å². The van der Waals surface area contributed by atoms with Gasteiger partial charge in [0, 0.05) is 31.6 Å². The lowest BCUT2D eigenvalue weighted by atomic mass is 9.94. The number of pyridine rings is 1. The number of anilines is 1. The number of hydrogen-bond acceptors (Lipinski definition) is 3. The summed E-state index contributed by atoms with van der Waals surface area (Å²) in [6.45, 7) is 3.26. The van der Waals surface area contributed by atoms with E-state index in [4.69, 9.17) is 5.73 Å². The summed E-state index contributed by atoms with van der Waals surface area (Å²) in [5, 5.41) is 0. The number of likely N-dealkylation sites (tertiary alicyclic amines) is 1. The van der Waals surface area contributed by atoms with Gasteiger partial charge in [-0.2, -0.15) is 0 Å². The molecule has 1 aliphatic rings. The van der Waals surface area contributed by atoms with Crippen LogP contribution in [0.2, 0.25) is 0 Å². The molecular formula is C12H17N3O. The van der Waals surface area contributed by atoms with Gasteiger partial charge in [-0.3, -0.25) is 4.79 Å². The van der Waals surface area contributed by atoms with Crippen LogP contribution in [0.3, 0.4) is 0 Å². The van der Waals surface area contributed by atoms with E-state index in [1.54, 1.807) is 13.0 Å². The van der Waals surface area contributed by atoms with Gasteiger partial charge in [0.15, 0.2) is 0 Å². The summed E-state index contributed by atoms with van der Waals surface area (Å²) in [5.41, 5.74) is 6.67. The standard InChI is InChI=1S/C12H17N3O/c1-9(16)15-7-3-4-10(8-15)11-5-2-6-12(13)14-11/h2,5-6,10H,3-4,7-8H2,1H3,(H2,13,14). The number of nitrogens with zero attached hydrogens (tertiary/aromatic N) is 2. The van der Waals surface area contributed by atoms with Gasteiger partial charge in [-0.05, 0) is 25.0 Å². The lowest BCUT2D eigenvalue weighted by Crippen LogP contribution is -2.37. The summed E-state index contributed by atoms with van der Waals surface area (Å²) < 4.78 is 0. The quantitative estimate of drug-likeness (QED) is 0.776. The van der Waals surface area contributed by atoms with E-state index in [1.807, 2.05) is 17.0 Å². The summed E-state index contributed by atoms with van der Waals surface area (Å²) >= 11 is 0. The van der Waals surface area contributed by atoms with Gasteiger partial charge in [0.2, 0.25) is 5.91 Å². The normalized spacial score (nSPS) is 20.8. The maximum absolute atomic E-state index is 11.3. The van der Waals surface area contributed by atoms with E-state index in [-0.39, 0.29) is 5.91 Å². The second-order valence-corrected chi connectivity index (χ2v) is 4.29. The fourth-order valence-corrected chi connectivity index (χ4v) is 2.20. The number of carbonyl (C=O) groups is 1. The highest BCUT2D eigenvalue weighted by Crippen LogP contribution is 2.25. The van der Waals surface area contributed by atoms with Crippen LogP contribution in [-0.4, -0.2) is 28.9 Å². The highest BCUT2D eigenvalue weighted by Gasteiger charge is 2.23. The number of nitrogen functional groups attached to an aromatic ring is 1. The zero-order chi connectivity index (χ0) is 11.5. The van der Waals surface area contributed by atoms with Gasteiger partial charge in [0.1, 0.15) is 5.82 Å². The van der Waals surface area contributed by atoms with Crippen LogP contribution in [0.5, 0.6) is 0 Å². The first-order valence-electron chi connectivity index (χ1n) is 5.65. The summed E-state index contributed by atoms with van der Waals surface area (Å²) in [6.07, 6.45) is 2.13. The van der Waals surface area contributed by atoms with E-state index >= 15 is 0 Å². The van der Waals surface area contributed by atoms with E-state index < -0.39 is 0 Å². The number of nitrogens with two attached hydrogens (primary N) is 1. The molecule has 1 atom stereocenters. The molecule has 86 valence electrons. The SMILES string of the molecule is CC(=O)N1CCCC(c2cccc(N)n2)C1. The predicted molar refractivity (Wildman–Crippen MR) is 62.9 cm³/mol. The Morgan fingerprint density at radius 1 is 1.56 bits per heavy atom. The van der Waals surface area contributed by atoms with Gasteiger partial charge in [-0.1, -0.05) is 6.07 Å². The zero-order valence-electron chi connectivity index (χ0n) is 9.52. The predicted octanol–water partition coefficient (Wildman–Crippen LogP) is 1.39. The molecule has 1 amide bonds. The molecule has 1 fully saturated rings. The molecule has 1 aromatic rings. The van der Waals surface area contributed by atoms with E-state index in [9.17, 15) is 4.79 Å². The van der Waals surface area contributed by atoms with E-state index in [2.05, 4.69) is 4.98 Å². The van der Waals surface area contributed by atoms with Crippen LogP contribution in [0.4, 0.5) is 5.82 Å². The molecule has 16 heavy (non-hydrogen) atoms. The molecule has 1 aliphatic heterocycles. The second-order valence-electron chi connectivity index (χ2n) is 4.29. The molecule has 0 aliphatic carbocycles. The van der Waals surface area contributed by atoms with Crippen molar-refractivity contribution in [3.05, 3.63) is 23.9 Å². The second kappa shape index (κ2) is 4.51. The minimum Gasteiger partial charge on any atom is -0.384 e. The molecule has 0 spiro atoms. The Hall–Kier alpha value is -1.58. The Kier molecular flexibility index (Phi) is 3.08. The molecule has 0 bridgehead atoms. The highest BCUT2D eigenvalue weighted by molar-refractivity contribution is 5.73. The third-order valence-electron chi connectivity index (χ3n) is 3.08. The lowest BCUT2D eigenvalue weighted by molar-refractivity contribution is -0.130.